The van der Waals surface area contributed by atoms with Gasteiger partial charge in [-0.1, -0.05) is 42.5 Å². The Bertz CT molecular complexity index is 860. The quantitative estimate of drug-likeness (QED) is 0.205. The fraction of sp³-hybridized carbons (Fsp3) is 0.440. The molecule has 2 N–H and O–H groups in total. The normalized spacial score (nSPS) is 15.9. The van der Waals surface area contributed by atoms with Crippen molar-refractivity contribution in [3.05, 3.63) is 65.7 Å². The zero-order chi connectivity index (χ0) is 21.9. The van der Waals surface area contributed by atoms with Crippen molar-refractivity contribution in [2.24, 2.45) is 10.9 Å². The van der Waals surface area contributed by atoms with E-state index in [2.05, 4.69) is 35.8 Å². The summed E-state index contributed by atoms with van der Waals surface area (Å²) in [5, 5.41) is 6.58. The summed E-state index contributed by atoms with van der Waals surface area (Å²) < 4.78 is 5.79. The van der Waals surface area contributed by atoms with Crippen LogP contribution >= 0.6 is 24.0 Å². The van der Waals surface area contributed by atoms with Crippen molar-refractivity contribution in [3.8, 4) is 5.75 Å². The van der Waals surface area contributed by atoms with Crippen LogP contribution in [-0.4, -0.2) is 56.1 Å². The molecule has 1 fully saturated rings. The second kappa shape index (κ2) is 14.0. The predicted molar refractivity (Wildman–Crippen MR) is 141 cm³/mol. The molecule has 1 aliphatic heterocycles. The van der Waals surface area contributed by atoms with E-state index < -0.39 is 0 Å². The Morgan fingerprint density at radius 2 is 1.97 bits per heavy atom. The van der Waals surface area contributed by atoms with Crippen LogP contribution in [-0.2, 0) is 11.2 Å². The number of hydrogen-bond acceptors (Lipinski definition) is 3. The van der Waals surface area contributed by atoms with Crippen LogP contribution in [0.4, 0.5) is 0 Å². The molecule has 0 aromatic heterocycles. The lowest BCUT2D eigenvalue weighted by Gasteiger charge is -2.16. The van der Waals surface area contributed by atoms with Gasteiger partial charge in [-0.3, -0.25) is 9.79 Å². The summed E-state index contributed by atoms with van der Waals surface area (Å²) in [7, 11) is 0. The highest BCUT2D eigenvalue weighted by Crippen LogP contribution is 2.18. The van der Waals surface area contributed by atoms with Gasteiger partial charge in [0.2, 0.25) is 5.91 Å². The Hall–Kier alpha value is -2.29. The molecule has 2 aromatic carbocycles. The molecule has 0 radical (unpaired) electrons. The lowest BCUT2D eigenvalue weighted by Crippen LogP contribution is -2.39. The summed E-state index contributed by atoms with van der Waals surface area (Å²) >= 11 is 0. The van der Waals surface area contributed by atoms with Crippen molar-refractivity contribution < 1.29 is 9.53 Å². The molecule has 1 amide bonds. The number of aliphatic imine (C=N–C) groups is 1. The average molecular weight is 550 g/mol. The minimum Gasteiger partial charge on any atom is -0.492 e. The molecule has 1 aliphatic rings. The molecule has 0 aliphatic carbocycles. The van der Waals surface area contributed by atoms with Crippen LogP contribution in [0.5, 0.6) is 5.75 Å². The van der Waals surface area contributed by atoms with E-state index in [0.29, 0.717) is 26.1 Å². The van der Waals surface area contributed by atoms with Gasteiger partial charge < -0.3 is 20.3 Å². The summed E-state index contributed by atoms with van der Waals surface area (Å²) in [6.45, 7) is 8.31. The number of likely N-dealkylation sites (tertiary alicyclic amines) is 1. The number of amides is 1. The van der Waals surface area contributed by atoms with E-state index in [1.807, 2.05) is 48.2 Å². The van der Waals surface area contributed by atoms with Gasteiger partial charge in [0.25, 0.3) is 0 Å². The number of carbonyl (C=O) groups is 1. The molecule has 0 spiro atoms. The monoisotopic (exact) mass is 550 g/mol. The third-order valence-electron chi connectivity index (χ3n) is 5.31. The molecule has 0 saturated carbocycles. The van der Waals surface area contributed by atoms with E-state index in [-0.39, 0.29) is 35.8 Å². The van der Waals surface area contributed by atoms with Gasteiger partial charge in [0, 0.05) is 38.5 Å². The van der Waals surface area contributed by atoms with E-state index in [9.17, 15) is 4.79 Å². The minimum absolute atomic E-state index is 0. The van der Waals surface area contributed by atoms with Crippen molar-refractivity contribution in [2.45, 2.75) is 26.7 Å². The molecular formula is C25H35IN4O2. The molecular weight excluding hydrogens is 515 g/mol. The van der Waals surface area contributed by atoms with Gasteiger partial charge in [-0.25, -0.2) is 0 Å². The highest BCUT2D eigenvalue weighted by molar-refractivity contribution is 14.0. The van der Waals surface area contributed by atoms with E-state index in [1.165, 1.54) is 11.1 Å². The van der Waals surface area contributed by atoms with Crippen molar-refractivity contribution >= 4 is 35.8 Å². The van der Waals surface area contributed by atoms with Crippen LogP contribution in [0.2, 0.25) is 0 Å². The fourth-order valence-electron chi connectivity index (χ4n) is 3.71. The first-order valence-electron chi connectivity index (χ1n) is 11.2. The highest BCUT2D eigenvalue weighted by Gasteiger charge is 2.28. The van der Waals surface area contributed by atoms with Crippen molar-refractivity contribution in [1.82, 2.24) is 15.5 Å². The largest absolute Gasteiger partial charge is 0.492 e. The SMILES string of the molecule is CCNC(=NCC1CC(=O)N(CCc2ccccc2)C1)NCCOc1cccc(C)c1.I. The number of ether oxygens (including phenoxy) is 1. The standard InChI is InChI=1S/C25H34N4O2.HI/c1-3-26-25(27-13-15-31-23-11-7-8-20(2)16-23)28-18-22-17-24(30)29(19-22)14-12-21-9-5-4-6-10-21;/h4-11,16,22H,3,12-15,17-19H2,1-2H3,(H2,26,27,28);1H. The number of guanidine groups is 1. The predicted octanol–water partition coefficient (Wildman–Crippen LogP) is 3.64. The van der Waals surface area contributed by atoms with Gasteiger partial charge in [-0.2, -0.15) is 0 Å². The van der Waals surface area contributed by atoms with Crippen LogP contribution in [0, 0.1) is 12.8 Å². The molecule has 3 rings (SSSR count). The number of hydrogen-bond donors (Lipinski definition) is 2. The Morgan fingerprint density at radius 3 is 2.72 bits per heavy atom. The Balaban J connectivity index is 0.00000363. The summed E-state index contributed by atoms with van der Waals surface area (Å²) in [4.78, 5) is 19.1. The summed E-state index contributed by atoms with van der Waals surface area (Å²) in [6.07, 6.45) is 1.47. The number of carbonyl (C=O) groups excluding carboxylic acids is 1. The summed E-state index contributed by atoms with van der Waals surface area (Å²) in [6, 6.07) is 18.4. The van der Waals surface area contributed by atoms with Gasteiger partial charge in [-0.15, -0.1) is 24.0 Å². The first-order chi connectivity index (χ1) is 15.1. The van der Waals surface area contributed by atoms with Gasteiger partial charge in [0.15, 0.2) is 5.96 Å². The molecule has 6 nitrogen and oxygen atoms in total. The highest BCUT2D eigenvalue weighted by atomic mass is 127. The van der Waals surface area contributed by atoms with Gasteiger partial charge in [0.1, 0.15) is 12.4 Å². The van der Waals surface area contributed by atoms with Gasteiger partial charge in [0.05, 0.1) is 6.54 Å². The molecule has 1 saturated heterocycles. The van der Waals surface area contributed by atoms with Crippen LogP contribution in [0.1, 0.15) is 24.5 Å². The number of halogens is 1. The van der Waals surface area contributed by atoms with E-state index >= 15 is 0 Å². The Morgan fingerprint density at radius 1 is 1.16 bits per heavy atom. The lowest BCUT2D eigenvalue weighted by atomic mass is 10.1. The summed E-state index contributed by atoms with van der Waals surface area (Å²) in [5.41, 5.74) is 2.45. The number of nitrogens with one attached hydrogen (secondary N) is 2. The van der Waals surface area contributed by atoms with E-state index in [1.54, 1.807) is 0 Å². The van der Waals surface area contributed by atoms with Crippen molar-refractivity contribution in [2.75, 3.05) is 39.3 Å². The van der Waals surface area contributed by atoms with Crippen LogP contribution < -0.4 is 15.4 Å². The van der Waals surface area contributed by atoms with E-state index in [4.69, 9.17) is 9.73 Å². The average Bonchev–Trinajstić information content (AvgIpc) is 3.13. The zero-order valence-electron chi connectivity index (χ0n) is 19.0. The number of benzene rings is 2. The maximum Gasteiger partial charge on any atom is 0.223 e. The molecule has 0 bridgehead atoms. The third kappa shape index (κ3) is 8.68. The molecule has 1 unspecified atom stereocenters. The molecule has 1 atom stereocenters. The zero-order valence-corrected chi connectivity index (χ0v) is 21.4. The first-order valence-corrected chi connectivity index (χ1v) is 11.2. The molecule has 174 valence electrons. The molecule has 32 heavy (non-hydrogen) atoms. The second-order valence-electron chi connectivity index (χ2n) is 7.96. The fourth-order valence-corrected chi connectivity index (χ4v) is 3.71. The minimum atomic E-state index is 0. The topological polar surface area (TPSA) is 66.0 Å². The number of nitrogens with zero attached hydrogens (tertiary/aromatic N) is 2. The van der Waals surface area contributed by atoms with Crippen molar-refractivity contribution in [1.29, 1.82) is 0 Å². The summed E-state index contributed by atoms with van der Waals surface area (Å²) in [5.74, 6) is 2.15. The second-order valence-corrected chi connectivity index (χ2v) is 7.96. The molecule has 7 heteroatoms. The number of aryl methyl sites for hydroxylation is 1. The van der Waals surface area contributed by atoms with Gasteiger partial charge in [-0.05, 0) is 43.5 Å². The van der Waals surface area contributed by atoms with Crippen LogP contribution in [0.25, 0.3) is 0 Å². The first kappa shape index (κ1) is 26.0. The smallest absolute Gasteiger partial charge is 0.223 e. The Labute approximate surface area is 208 Å². The molecule has 2 aromatic rings. The van der Waals surface area contributed by atoms with Crippen molar-refractivity contribution in [3.63, 3.8) is 0 Å². The Kier molecular flexibility index (Phi) is 11.3. The number of rotatable bonds is 10. The lowest BCUT2D eigenvalue weighted by molar-refractivity contribution is -0.127. The van der Waals surface area contributed by atoms with Crippen LogP contribution in [0.15, 0.2) is 59.6 Å². The molecule has 1 heterocycles. The maximum absolute atomic E-state index is 12.4. The third-order valence-corrected chi connectivity index (χ3v) is 5.31. The van der Waals surface area contributed by atoms with Gasteiger partial charge >= 0.3 is 0 Å². The van der Waals surface area contributed by atoms with E-state index in [0.717, 1.165) is 37.8 Å². The maximum atomic E-state index is 12.4. The van der Waals surface area contributed by atoms with Crippen LogP contribution in [0.3, 0.4) is 0 Å².